The van der Waals surface area contributed by atoms with Gasteiger partial charge in [0.05, 0.1) is 0 Å². The molecule has 0 heterocycles. The Kier molecular flexibility index (Phi) is 6.70. The zero-order chi connectivity index (χ0) is 22.3. The fourth-order valence-corrected chi connectivity index (χ4v) is 9.79. The number of hydrogen-bond donors (Lipinski definition) is 0. The molecule has 0 spiro atoms. The maximum Gasteiger partial charge on any atom is 0.196 e. The Hall–Kier alpha value is -3.39. The van der Waals surface area contributed by atoms with Crippen molar-refractivity contribution in [3.05, 3.63) is 133 Å². The lowest BCUT2D eigenvalue weighted by Crippen LogP contribution is -2.55. The number of allylic oxidation sites excluding steroid dienone is 1. The molecule has 4 aromatic carbocycles. The molecule has 0 bridgehead atoms. The molecular weight excluding hydrogens is 417 g/mol. The van der Waals surface area contributed by atoms with Gasteiger partial charge in [0.25, 0.3) is 0 Å². The van der Waals surface area contributed by atoms with Gasteiger partial charge in [-0.1, -0.05) is 156 Å². The first kappa shape index (κ1) is 21.8. The second-order valence-corrected chi connectivity index (χ2v) is 15.9. The van der Waals surface area contributed by atoms with Crippen molar-refractivity contribution < 1.29 is 0 Å². The second-order valence-electron chi connectivity index (χ2n) is 8.39. The molecule has 0 aliphatic carbocycles. The number of hydrogen-bond acceptors (Lipinski definition) is 0. The summed E-state index contributed by atoms with van der Waals surface area (Å²) < 4.78 is 0. The molecule has 32 heavy (non-hydrogen) atoms. The van der Waals surface area contributed by atoms with Crippen LogP contribution in [0.25, 0.3) is 0 Å². The van der Waals surface area contributed by atoms with Crippen molar-refractivity contribution in [1.29, 1.82) is 0 Å². The van der Waals surface area contributed by atoms with E-state index in [9.17, 15) is 0 Å². The van der Waals surface area contributed by atoms with E-state index in [0.717, 1.165) is 0 Å². The summed E-state index contributed by atoms with van der Waals surface area (Å²) >= 11 is 0. The van der Waals surface area contributed by atoms with Crippen LogP contribution in [0.3, 0.4) is 0 Å². The molecule has 0 aliphatic heterocycles. The molecule has 0 aromatic heterocycles. The lowest BCUT2D eigenvalue weighted by molar-refractivity contribution is 1.69. The van der Waals surface area contributed by atoms with Crippen LogP contribution in [0.1, 0.15) is 0 Å². The fraction of sp³-hybridized carbons (Fsp3) is 0.0667. The third-order valence-electron chi connectivity index (χ3n) is 6.27. The predicted octanol–water partition coefficient (Wildman–Crippen LogP) is 4.41. The first-order valence-corrected chi connectivity index (χ1v) is 16.1. The zero-order valence-corrected chi connectivity index (χ0v) is 20.7. The van der Waals surface area contributed by atoms with Crippen molar-refractivity contribution in [2.45, 2.75) is 13.1 Å². The largest absolute Gasteiger partial charge is 0.196 e. The van der Waals surface area contributed by atoms with E-state index in [0.29, 0.717) is 0 Å². The van der Waals surface area contributed by atoms with Crippen molar-refractivity contribution in [2.75, 3.05) is 0 Å². The maximum absolute atomic E-state index is 3.73. The van der Waals surface area contributed by atoms with E-state index >= 15 is 0 Å². The Balaban J connectivity index is 1.75. The van der Waals surface area contributed by atoms with Gasteiger partial charge >= 0.3 is 0 Å². The highest BCUT2D eigenvalue weighted by molar-refractivity contribution is 7.07. The van der Waals surface area contributed by atoms with Gasteiger partial charge in [-0.3, -0.25) is 0 Å². The minimum absolute atomic E-state index is 1.35. The first-order valence-electron chi connectivity index (χ1n) is 11.1. The van der Waals surface area contributed by atoms with Gasteiger partial charge in [-0.05, 0) is 16.4 Å². The molecule has 0 saturated carbocycles. The Morgan fingerprint density at radius 1 is 0.500 bits per heavy atom. The minimum atomic E-state index is -2.15. The highest BCUT2D eigenvalue weighted by atomic mass is 28.3. The molecule has 2 heteroatoms. The summed E-state index contributed by atoms with van der Waals surface area (Å²) in [5.41, 5.74) is 6.11. The van der Waals surface area contributed by atoms with Gasteiger partial charge < -0.3 is 0 Å². The Labute approximate surface area is 194 Å². The fourth-order valence-electron chi connectivity index (χ4n) is 4.18. The Bertz CT molecular complexity index is 1140. The van der Waals surface area contributed by atoms with Crippen LogP contribution in [0.15, 0.2) is 133 Å². The lowest BCUT2D eigenvalue weighted by Gasteiger charge is -2.25. The van der Waals surface area contributed by atoms with Crippen molar-refractivity contribution >= 4 is 36.9 Å². The molecule has 0 aliphatic rings. The summed E-state index contributed by atoms with van der Waals surface area (Å²) in [6.45, 7) is 4.75. The molecule has 0 atom stereocenters. The van der Waals surface area contributed by atoms with E-state index in [4.69, 9.17) is 0 Å². The quantitative estimate of drug-likeness (QED) is 0.316. The average Bonchev–Trinajstić information content (AvgIpc) is 2.88. The van der Waals surface area contributed by atoms with Gasteiger partial charge in [0, 0.05) is 0 Å². The van der Waals surface area contributed by atoms with Crippen LogP contribution in [0.5, 0.6) is 0 Å². The van der Waals surface area contributed by atoms with Crippen molar-refractivity contribution in [2.24, 2.45) is 0 Å². The smallest absolute Gasteiger partial charge is 0.116 e. The molecule has 0 fully saturated rings. The van der Waals surface area contributed by atoms with Crippen LogP contribution in [0, 0.1) is 11.5 Å². The Morgan fingerprint density at radius 3 is 1.22 bits per heavy atom. The number of benzene rings is 4. The van der Waals surface area contributed by atoms with E-state index in [2.05, 4.69) is 158 Å². The van der Waals surface area contributed by atoms with Gasteiger partial charge in [-0.2, -0.15) is 0 Å². The molecule has 0 saturated heterocycles. The van der Waals surface area contributed by atoms with Crippen molar-refractivity contribution in [3.63, 3.8) is 0 Å². The molecule has 4 rings (SSSR count). The molecule has 0 nitrogen and oxygen atoms in total. The van der Waals surface area contributed by atoms with Gasteiger partial charge in [0.15, 0.2) is 8.07 Å². The SMILES string of the molecule is C[Si](C#CC=C[Si](C)(c1ccccc1)c1ccccc1)(c1ccccc1)c1ccccc1. The van der Waals surface area contributed by atoms with Crippen molar-refractivity contribution in [3.8, 4) is 11.5 Å². The second kappa shape index (κ2) is 9.83. The monoisotopic (exact) mass is 444 g/mol. The molecule has 0 amide bonds. The third kappa shape index (κ3) is 4.60. The molecule has 4 aromatic rings. The summed E-state index contributed by atoms with van der Waals surface area (Å²) in [5, 5.41) is 5.49. The molecular formula is C30H28Si2. The summed E-state index contributed by atoms with van der Waals surface area (Å²) in [5.74, 6) is 3.48. The van der Waals surface area contributed by atoms with Crippen LogP contribution in [-0.2, 0) is 0 Å². The normalized spacial score (nSPS) is 11.7. The molecule has 0 N–H and O–H groups in total. The summed E-state index contributed by atoms with van der Waals surface area (Å²) in [6.07, 6.45) is 2.11. The average molecular weight is 445 g/mol. The number of rotatable bonds is 5. The van der Waals surface area contributed by atoms with Crippen LogP contribution >= 0.6 is 0 Å². The van der Waals surface area contributed by atoms with Gasteiger partial charge in [0.2, 0.25) is 0 Å². The van der Waals surface area contributed by atoms with E-state index in [-0.39, 0.29) is 0 Å². The zero-order valence-electron chi connectivity index (χ0n) is 18.7. The van der Waals surface area contributed by atoms with E-state index in [1.54, 1.807) is 0 Å². The summed E-state index contributed by atoms with van der Waals surface area (Å²) in [6, 6.07) is 43.3. The topological polar surface area (TPSA) is 0 Å². The highest BCUT2D eigenvalue weighted by Crippen LogP contribution is 2.08. The highest BCUT2D eigenvalue weighted by Gasteiger charge is 2.30. The third-order valence-corrected chi connectivity index (χ3v) is 13.8. The van der Waals surface area contributed by atoms with E-state index < -0.39 is 16.1 Å². The van der Waals surface area contributed by atoms with Gasteiger partial charge in [-0.25, -0.2) is 0 Å². The van der Waals surface area contributed by atoms with Crippen LogP contribution in [0.4, 0.5) is 0 Å². The lowest BCUT2D eigenvalue weighted by atomic mass is 10.4. The minimum Gasteiger partial charge on any atom is -0.116 e. The molecule has 0 radical (unpaired) electrons. The van der Waals surface area contributed by atoms with Gasteiger partial charge in [0.1, 0.15) is 8.07 Å². The van der Waals surface area contributed by atoms with Crippen molar-refractivity contribution in [1.82, 2.24) is 0 Å². The standard InChI is InChI=1S/C30H28Si2/c1-31(27-17-7-3-8-18-27,28-19-9-4-10-20-28)25-15-16-26-32(2,29-21-11-5-12-22-29)30-23-13-6-14-24-30/h3-15,17-25H,1-2H3. The van der Waals surface area contributed by atoms with E-state index in [1.807, 2.05) is 0 Å². The summed E-state index contributed by atoms with van der Waals surface area (Å²) in [7, 11) is -4.18. The van der Waals surface area contributed by atoms with Crippen LogP contribution in [0.2, 0.25) is 13.1 Å². The van der Waals surface area contributed by atoms with Crippen LogP contribution in [-0.4, -0.2) is 16.1 Å². The van der Waals surface area contributed by atoms with Gasteiger partial charge in [-0.15, -0.1) is 5.54 Å². The maximum atomic E-state index is 3.73. The molecule has 156 valence electrons. The first-order chi connectivity index (χ1) is 15.6. The molecule has 0 unspecified atom stereocenters. The van der Waals surface area contributed by atoms with Crippen LogP contribution < -0.4 is 20.7 Å². The summed E-state index contributed by atoms with van der Waals surface area (Å²) in [4.78, 5) is 0. The predicted molar refractivity (Wildman–Crippen MR) is 144 cm³/mol. The van der Waals surface area contributed by atoms with E-state index in [1.165, 1.54) is 20.7 Å². The Morgan fingerprint density at radius 2 is 0.844 bits per heavy atom.